The van der Waals surface area contributed by atoms with Crippen LogP contribution in [-0.2, 0) is 4.74 Å². The van der Waals surface area contributed by atoms with Gasteiger partial charge in [0.05, 0.1) is 5.52 Å². The predicted molar refractivity (Wildman–Crippen MR) is 170 cm³/mol. The Labute approximate surface area is 248 Å². The molecule has 1 saturated heterocycles. The SMILES string of the molecule is CC.CNC(=O)n1ccc2cc(N(CCCOC)c3ccnc(NC(=O)c4ccc(C5CCNCC5)cc4)c3)ccc21. The third-order valence-corrected chi connectivity index (χ3v) is 7.43. The first kappa shape index (κ1) is 30.7. The van der Waals surface area contributed by atoms with Crippen LogP contribution in [0.5, 0.6) is 0 Å². The molecule has 222 valence electrons. The lowest BCUT2D eigenvalue weighted by Gasteiger charge is -2.25. The minimum atomic E-state index is -0.190. The average molecular weight is 571 g/mol. The average Bonchev–Trinajstić information content (AvgIpc) is 3.48. The molecular weight excluding hydrogens is 528 g/mol. The minimum absolute atomic E-state index is 0.185. The first-order valence-corrected chi connectivity index (χ1v) is 14.7. The lowest BCUT2D eigenvalue weighted by atomic mass is 9.90. The zero-order valence-corrected chi connectivity index (χ0v) is 25.0. The number of anilines is 3. The van der Waals surface area contributed by atoms with Gasteiger partial charge in [-0.15, -0.1) is 0 Å². The summed E-state index contributed by atoms with van der Waals surface area (Å²) in [5, 5.41) is 9.98. The van der Waals surface area contributed by atoms with E-state index in [1.807, 2.05) is 56.3 Å². The van der Waals surface area contributed by atoms with Crippen molar-refractivity contribution in [2.75, 3.05) is 50.6 Å². The number of ether oxygens (including phenoxy) is 1. The number of methoxy groups -OCH3 is 1. The molecule has 42 heavy (non-hydrogen) atoms. The Morgan fingerprint density at radius 3 is 2.48 bits per heavy atom. The molecule has 0 aliphatic carbocycles. The molecule has 1 aliphatic heterocycles. The second kappa shape index (κ2) is 15.1. The van der Waals surface area contributed by atoms with E-state index in [9.17, 15) is 9.59 Å². The number of amides is 2. The van der Waals surface area contributed by atoms with E-state index >= 15 is 0 Å². The number of nitrogens with zero attached hydrogens (tertiary/aromatic N) is 3. The van der Waals surface area contributed by atoms with E-state index in [0.717, 1.165) is 54.6 Å². The number of piperidine rings is 1. The number of pyridine rings is 1. The van der Waals surface area contributed by atoms with Gasteiger partial charge in [-0.2, -0.15) is 0 Å². The van der Waals surface area contributed by atoms with E-state index in [-0.39, 0.29) is 11.9 Å². The zero-order valence-electron chi connectivity index (χ0n) is 25.0. The van der Waals surface area contributed by atoms with Crippen molar-refractivity contribution in [3.05, 3.63) is 84.2 Å². The normalized spacial score (nSPS) is 13.2. The number of hydrogen-bond donors (Lipinski definition) is 3. The Kier molecular flexibility index (Phi) is 11.1. The highest BCUT2D eigenvalue weighted by molar-refractivity contribution is 6.04. The fraction of sp³-hybridized carbons (Fsp3) is 0.364. The van der Waals surface area contributed by atoms with Crippen LogP contribution in [0.25, 0.3) is 10.9 Å². The van der Waals surface area contributed by atoms with E-state index in [0.29, 0.717) is 30.5 Å². The van der Waals surface area contributed by atoms with E-state index in [1.54, 1.807) is 31.1 Å². The van der Waals surface area contributed by atoms with Crippen LogP contribution in [-0.4, -0.2) is 61.9 Å². The molecule has 4 aromatic rings. The quantitative estimate of drug-likeness (QED) is 0.209. The first-order valence-electron chi connectivity index (χ1n) is 14.7. The van der Waals surface area contributed by atoms with Crippen LogP contribution < -0.4 is 20.9 Å². The fourth-order valence-electron chi connectivity index (χ4n) is 5.28. The molecule has 0 radical (unpaired) electrons. The highest BCUT2D eigenvalue weighted by atomic mass is 16.5. The van der Waals surface area contributed by atoms with Crippen LogP contribution in [0.2, 0.25) is 0 Å². The lowest BCUT2D eigenvalue weighted by molar-refractivity contribution is 0.102. The van der Waals surface area contributed by atoms with Crippen LogP contribution in [0.3, 0.4) is 0 Å². The van der Waals surface area contributed by atoms with Crippen LogP contribution in [0.4, 0.5) is 22.0 Å². The maximum absolute atomic E-state index is 13.1. The molecule has 1 fully saturated rings. The van der Waals surface area contributed by atoms with Gasteiger partial charge in [-0.1, -0.05) is 26.0 Å². The Bertz CT molecular complexity index is 1460. The molecule has 9 heteroatoms. The summed E-state index contributed by atoms with van der Waals surface area (Å²) >= 11 is 0. The Morgan fingerprint density at radius 1 is 1.02 bits per heavy atom. The van der Waals surface area contributed by atoms with E-state index in [1.165, 1.54) is 5.56 Å². The monoisotopic (exact) mass is 570 g/mol. The van der Waals surface area contributed by atoms with Crippen molar-refractivity contribution < 1.29 is 14.3 Å². The summed E-state index contributed by atoms with van der Waals surface area (Å²) in [5.41, 5.74) is 4.58. The molecule has 2 aromatic heterocycles. The Hall–Kier alpha value is -4.21. The van der Waals surface area contributed by atoms with Gasteiger partial charge in [0.1, 0.15) is 5.82 Å². The highest BCUT2D eigenvalue weighted by Crippen LogP contribution is 2.31. The summed E-state index contributed by atoms with van der Waals surface area (Å²) in [5.74, 6) is 0.834. The maximum Gasteiger partial charge on any atom is 0.325 e. The van der Waals surface area contributed by atoms with Gasteiger partial charge in [-0.05, 0) is 86.3 Å². The third kappa shape index (κ3) is 7.35. The summed E-state index contributed by atoms with van der Waals surface area (Å²) in [6, 6.07) is 19.5. The summed E-state index contributed by atoms with van der Waals surface area (Å²) in [7, 11) is 3.31. The van der Waals surface area contributed by atoms with Crippen molar-refractivity contribution in [1.29, 1.82) is 0 Å². The second-order valence-electron chi connectivity index (χ2n) is 9.98. The second-order valence-corrected chi connectivity index (χ2v) is 9.98. The molecule has 9 nitrogen and oxygen atoms in total. The number of carbonyl (C=O) groups is 2. The molecule has 2 amide bonds. The van der Waals surface area contributed by atoms with Gasteiger partial charge in [0.15, 0.2) is 0 Å². The maximum atomic E-state index is 13.1. The van der Waals surface area contributed by atoms with Gasteiger partial charge in [-0.25, -0.2) is 9.78 Å². The van der Waals surface area contributed by atoms with Gasteiger partial charge in [-0.3, -0.25) is 9.36 Å². The summed E-state index contributed by atoms with van der Waals surface area (Å²) in [4.78, 5) is 31.9. The number of aromatic nitrogens is 2. The largest absolute Gasteiger partial charge is 0.385 e. The molecule has 5 rings (SSSR count). The van der Waals surface area contributed by atoms with Crippen LogP contribution in [0, 0.1) is 0 Å². The highest BCUT2D eigenvalue weighted by Gasteiger charge is 2.17. The zero-order chi connectivity index (χ0) is 29.9. The smallest absolute Gasteiger partial charge is 0.325 e. The topological polar surface area (TPSA) is 101 Å². The Morgan fingerprint density at radius 2 is 1.76 bits per heavy atom. The molecule has 0 atom stereocenters. The summed E-state index contributed by atoms with van der Waals surface area (Å²) in [6.07, 6.45) is 6.52. The van der Waals surface area contributed by atoms with E-state index in [4.69, 9.17) is 4.74 Å². The summed E-state index contributed by atoms with van der Waals surface area (Å²) in [6.45, 7) is 7.39. The van der Waals surface area contributed by atoms with Crippen molar-refractivity contribution >= 4 is 40.0 Å². The lowest BCUT2D eigenvalue weighted by Crippen LogP contribution is -2.26. The number of fused-ring (bicyclic) bond motifs is 1. The molecule has 1 aliphatic rings. The van der Waals surface area contributed by atoms with Crippen molar-refractivity contribution in [2.45, 2.75) is 39.0 Å². The minimum Gasteiger partial charge on any atom is -0.385 e. The number of nitrogens with one attached hydrogen (secondary N) is 3. The van der Waals surface area contributed by atoms with E-state index in [2.05, 4.69) is 44.0 Å². The molecule has 0 unspecified atom stereocenters. The third-order valence-electron chi connectivity index (χ3n) is 7.43. The number of carbonyl (C=O) groups excluding carboxylic acids is 2. The molecule has 0 bridgehead atoms. The predicted octanol–water partition coefficient (Wildman–Crippen LogP) is 6.14. The van der Waals surface area contributed by atoms with Crippen molar-refractivity contribution in [1.82, 2.24) is 20.2 Å². The molecule has 3 heterocycles. The molecule has 2 aromatic carbocycles. The van der Waals surface area contributed by atoms with Crippen LogP contribution >= 0.6 is 0 Å². The van der Waals surface area contributed by atoms with Gasteiger partial charge in [0, 0.05) is 68.1 Å². The van der Waals surface area contributed by atoms with Gasteiger partial charge in [0.25, 0.3) is 5.91 Å². The molecular formula is C33H42N6O3. The van der Waals surface area contributed by atoms with Crippen molar-refractivity contribution in [3.8, 4) is 0 Å². The van der Waals surface area contributed by atoms with E-state index < -0.39 is 0 Å². The molecule has 0 spiro atoms. The number of rotatable bonds is 9. The number of benzene rings is 2. The Balaban J connectivity index is 0.00000198. The molecule has 3 N–H and O–H groups in total. The van der Waals surface area contributed by atoms with Crippen LogP contribution in [0.15, 0.2) is 73.1 Å². The fourth-order valence-corrected chi connectivity index (χ4v) is 5.28. The van der Waals surface area contributed by atoms with Gasteiger partial charge < -0.3 is 25.6 Å². The van der Waals surface area contributed by atoms with Crippen LogP contribution in [0.1, 0.15) is 54.9 Å². The van der Waals surface area contributed by atoms with Crippen molar-refractivity contribution in [2.24, 2.45) is 0 Å². The first-order chi connectivity index (χ1) is 20.6. The number of hydrogen-bond acceptors (Lipinski definition) is 6. The summed E-state index contributed by atoms with van der Waals surface area (Å²) < 4.78 is 6.89. The van der Waals surface area contributed by atoms with Gasteiger partial charge >= 0.3 is 6.03 Å². The molecule has 0 saturated carbocycles. The van der Waals surface area contributed by atoms with Crippen molar-refractivity contribution in [3.63, 3.8) is 0 Å². The van der Waals surface area contributed by atoms with Gasteiger partial charge in [0.2, 0.25) is 0 Å². The standard InChI is InChI=1S/C31H36N6O3.C2H6/c1-32-31(39)37-18-13-25-20-26(8-9-28(25)37)36(17-3-19-40-2)27-12-16-34-29(21-27)35-30(38)24-6-4-22(5-7-24)23-10-14-33-15-11-23;1-2/h4-9,12-13,16,18,20-21,23,33H,3,10-11,14-15,17,19H2,1-2H3,(H,32,39)(H,34,35,38);1-2H3.